The molecule has 2 saturated heterocycles. The molecule has 11 N–H and O–H groups in total. The highest BCUT2D eigenvalue weighted by atomic mass is 31.3. The van der Waals surface area contributed by atoms with Gasteiger partial charge in [-0.25, -0.2) is 14.1 Å². The first-order chi connectivity index (χ1) is 21.1. The zero-order chi connectivity index (χ0) is 32.8. The Hall–Kier alpha value is -3.21. The number of pyridine rings is 1. The number of carbonyl (C=O) groups is 1. The van der Waals surface area contributed by atoms with Gasteiger partial charge in [0.1, 0.15) is 36.1 Å². The number of imidazole rings is 1. The fourth-order valence-corrected chi connectivity index (χ4v) is 6.74. The average molecular weight is 680 g/mol. The molecule has 3 aromatic heterocycles. The number of nitrogens with zero attached hydrogens (tertiary/aromatic N) is 4. The molecular formula is C21H28N7O15P2+. The first-order valence-electron chi connectivity index (χ1n) is 12.8. The van der Waals surface area contributed by atoms with Gasteiger partial charge < -0.3 is 51.2 Å². The lowest BCUT2D eigenvalue weighted by Crippen LogP contribution is -2.46. The SMILES string of the molecule is NC(=O)c1ccc[n+](C2OC(COP(=O)(O)OP(=O)(O)OCC3OC(n4cnc5c(=O)[nH]c(N)nc54)C(O)C3O)C(O)C2O)c1. The Labute approximate surface area is 250 Å². The quantitative estimate of drug-likeness (QED) is 0.0694. The van der Waals surface area contributed by atoms with Crippen LogP contribution in [0.2, 0.25) is 0 Å². The maximum absolute atomic E-state index is 12.4. The van der Waals surface area contributed by atoms with Crippen molar-refractivity contribution in [3.8, 4) is 0 Å². The fourth-order valence-electron chi connectivity index (χ4n) is 4.65. The molecule has 0 saturated carbocycles. The van der Waals surface area contributed by atoms with Crippen LogP contribution in [-0.4, -0.2) is 105 Å². The van der Waals surface area contributed by atoms with Crippen molar-refractivity contribution < 1.29 is 71.5 Å². The highest BCUT2D eigenvalue weighted by molar-refractivity contribution is 7.61. The van der Waals surface area contributed by atoms with E-state index in [9.17, 15) is 48.9 Å². The molecule has 45 heavy (non-hydrogen) atoms. The second kappa shape index (κ2) is 12.5. The Morgan fingerprint density at radius 1 is 1.04 bits per heavy atom. The number of rotatable bonds is 11. The summed E-state index contributed by atoms with van der Waals surface area (Å²) < 4.78 is 51.7. The zero-order valence-electron chi connectivity index (χ0n) is 22.6. The van der Waals surface area contributed by atoms with Crippen molar-refractivity contribution in [2.45, 2.75) is 49.1 Å². The van der Waals surface area contributed by atoms with Gasteiger partial charge in [0, 0.05) is 6.07 Å². The number of aliphatic hydroxyl groups excluding tert-OH is 4. The summed E-state index contributed by atoms with van der Waals surface area (Å²) in [5, 5.41) is 41.6. The predicted molar refractivity (Wildman–Crippen MR) is 142 cm³/mol. The summed E-state index contributed by atoms with van der Waals surface area (Å²) >= 11 is 0. The summed E-state index contributed by atoms with van der Waals surface area (Å²) in [4.78, 5) is 53.5. The van der Waals surface area contributed by atoms with E-state index in [0.717, 1.165) is 10.9 Å². The standard InChI is InChI=1S/C21H27N7O15P2/c22-16(33)8-2-1-3-27(4-8)19-14(31)12(29)9(41-19)5-39-44(35,36)43-45(37,38)40-6-10-13(30)15(32)20(42-10)28-7-24-11-17(28)25-21(23)26-18(11)34/h1-4,7,9-10,12-15,19-20,29-32H,5-6H2,(H6-,22,23,25,26,33,34,35,36,37,38)/p+1. The number of fused-ring (bicyclic) bond motifs is 1. The van der Waals surface area contributed by atoms with E-state index in [0.29, 0.717) is 0 Å². The number of H-pyrrole nitrogens is 1. The van der Waals surface area contributed by atoms with Crippen LogP contribution in [-0.2, 0) is 32.0 Å². The van der Waals surface area contributed by atoms with E-state index in [2.05, 4.69) is 28.3 Å². The zero-order valence-corrected chi connectivity index (χ0v) is 24.4. The number of aromatic nitrogens is 5. The van der Waals surface area contributed by atoms with Crippen molar-refractivity contribution >= 4 is 38.7 Å². The first kappa shape index (κ1) is 33.2. The molecule has 22 nitrogen and oxygen atoms in total. The van der Waals surface area contributed by atoms with E-state index >= 15 is 0 Å². The number of amides is 1. The van der Waals surface area contributed by atoms with Crippen LogP contribution in [0.15, 0.2) is 35.6 Å². The number of nitrogens with one attached hydrogen (secondary N) is 1. The number of hydrogen-bond donors (Lipinski definition) is 9. The van der Waals surface area contributed by atoms with Crippen LogP contribution < -0.4 is 21.6 Å². The minimum Gasteiger partial charge on any atom is -0.387 e. The number of primary amides is 1. The molecule has 2 aliphatic rings. The molecule has 2 fully saturated rings. The van der Waals surface area contributed by atoms with Gasteiger partial charge in [-0.2, -0.15) is 13.9 Å². The van der Waals surface area contributed by atoms with Crippen molar-refractivity contribution in [3.63, 3.8) is 0 Å². The van der Waals surface area contributed by atoms with Crippen LogP contribution >= 0.6 is 15.6 Å². The number of carbonyl (C=O) groups excluding carboxylic acids is 1. The number of nitrogens with two attached hydrogens (primary N) is 2. The summed E-state index contributed by atoms with van der Waals surface area (Å²) in [6.07, 6.45) is -8.59. The van der Waals surface area contributed by atoms with Crippen LogP contribution in [0.4, 0.5) is 5.95 Å². The summed E-state index contributed by atoms with van der Waals surface area (Å²) in [6, 6.07) is 2.82. The Balaban J connectivity index is 1.17. The van der Waals surface area contributed by atoms with E-state index in [1.54, 1.807) is 0 Å². The van der Waals surface area contributed by atoms with Gasteiger partial charge in [0.2, 0.25) is 5.95 Å². The minimum atomic E-state index is -5.41. The lowest BCUT2D eigenvalue weighted by atomic mass is 10.1. The molecular weight excluding hydrogens is 652 g/mol. The maximum atomic E-state index is 12.4. The molecule has 24 heteroatoms. The monoisotopic (exact) mass is 680 g/mol. The van der Waals surface area contributed by atoms with Crippen LogP contribution in [0.3, 0.4) is 0 Å². The molecule has 0 bridgehead atoms. The predicted octanol–water partition coefficient (Wildman–Crippen LogP) is -3.72. The number of hydrogen-bond acceptors (Lipinski definition) is 16. The smallest absolute Gasteiger partial charge is 0.387 e. The molecule has 3 aromatic rings. The van der Waals surface area contributed by atoms with E-state index in [1.807, 2.05) is 0 Å². The topological polar surface area (TPSA) is 338 Å². The molecule has 0 aromatic carbocycles. The van der Waals surface area contributed by atoms with E-state index in [4.69, 9.17) is 20.9 Å². The Morgan fingerprint density at radius 2 is 1.67 bits per heavy atom. The van der Waals surface area contributed by atoms with Gasteiger partial charge in [0.05, 0.1) is 19.5 Å². The third kappa shape index (κ3) is 6.98. The Bertz CT molecular complexity index is 1740. The van der Waals surface area contributed by atoms with Crippen LogP contribution in [0.1, 0.15) is 22.8 Å². The highest BCUT2D eigenvalue weighted by Crippen LogP contribution is 2.60. The molecule has 1 amide bonds. The second-order valence-electron chi connectivity index (χ2n) is 9.88. The third-order valence-electron chi connectivity index (χ3n) is 6.81. The highest BCUT2D eigenvalue weighted by Gasteiger charge is 2.50. The van der Waals surface area contributed by atoms with E-state index in [1.165, 1.54) is 29.1 Å². The van der Waals surface area contributed by atoms with Crippen LogP contribution in [0.5, 0.6) is 0 Å². The summed E-state index contributed by atoms with van der Waals surface area (Å²) in [5.41, 5.74) is 9.91. The van der Waals surface area contributed by atoms with Crippen molar-refractivity contribution in [3.05, 3.63) is 46.8 Å². The van der Waals surface area contributed by atoms with Crippen molar-refractivity contribution in [2.24, 2.45) is 5.73 Å². The van der Waals surface area contributed by atoms with Gasteiger partial charge in [-0.15, -0.1) is 0 Å². The van der Waals surface area contributed by atoms with E-state index < -0.39 is 89.4 Å². The number of aliphatic hydroxyl groups is 4. The van der Waals surface area contributed by atoms with Gasteiger partial charge in [0.15, 0.2) is 35.9 Å². The molecule has 0 aliphatic carbocycles. The van der Waals surface area contributed by atoms with Crippen molar-refractivity contribution in [2.75, 3.05) is 18.9 Å². The van der Waals surface area contributed by atoms with Crippen molar-refractivity contribution in [1.82, 2.24) is 19.5 Å². The van der Waals surface area contributed by atoms with Crippen LogP contribution in [0, 0.1) is 0 Å². The summed E-state index contributed by atoms with van der Waals surface area (Å²) in [5.74, 6) is -1.04. The largest absolute Gasteiger partial charge is 0.481 e. The van der Waals surface area contributed by atoms with Gasteiger partial charge in [-0.05, 0) is 6.07 Å². The number of ether oxygens (including phenoxy) is 2. The second-order valence-corrected chi connectivity index (χ2v) is 12.9. The molecule has 0 radical (unpaired) electrons. The fraction of sp³-hybridized carbons (Fsp3) is 0.476. The third-order valence-corrected chi connectivity index (χ3v) is 9.41. The number of anilines is 1. The minimum absolute atomic E-state index is 0.0593. The summed E-state index contributed by atoms with van der Waals surface area (Å²) in [6.45, 7) is -1.87. The first-order valence-corrected chi connectivity index (χ1v) is 15.8. The average Bonchev–Trinajstić information content (AvgIpc) is 3.60. The van der Waals surface area contributed by atoms with Crippen LogP contribution in [0.25, 0.3) is 11.2 Å². The van der Waals surface area contributed by atoms with Gasteiger partial charge in [0.25, 0.3) is 17.7 Å². The van der Waals surface area contributed by atoms with E-state index in [-0.39, 0.29) is 22.7 Å². The molecule has 5 rings (SSSR count). The molecule has 5 heterocycles. The lowest BCUT2D eigenvalue weighted by molar-refractivity contribution is -0.765. The normalized spacial score (nSPS) is 31.2. The van der Waals surface area contributed by atoms with Gasteiger partial charge in [-0.3, -0.25) is 28.2 Å². The Kier molecular flexibility index (Phi) is 9.23. The molecule has 246 valence electrons. The molecule has 0 spiro atoms. The molecule has 2 aliphatic heterocycles. The number of phosphoric ester groups is 2. The number of nitrogen functional groups attached to an aromatic ring is 1. The lowest BCUT2D eigenvalue weighted by Gasteiger charge is -2.20. The van der Waals surface area contributed by atoms with Gasteiger partial charge >= 0.3 is 15.6 Å². The number of phosphoric acid groups is 2. The Morgan fingerprint density at radius 3 is 2.31 bits per heavy atom. The summed E-state index contributed by atoms with van der Waals surface area (Å²) in [7, 11) is -10.8. The van der Waals surface area contributed by atoms with Gasteiger partial charge in [-0.1, -0.05) is 0 Å². The molecule has 10 unspecified atom stereocenters. The number of aromatic amines is 1. The molecule has 10 atom stereocenters. The van der Waals surface area contributed by atoms with Crippen molar-refractivity contribution in [1.29, 1.82) is 0 Å². The maximum Gasteiger partial charge on any atom is 0.481 e.